The average Bonchev–Trinajstić information content (AvgIpc) is 2.57. The Bertz CT molecular complexity index is 590. The van der Waals surface area contributed by atoms with Gasteiger partial charge in [0.25, 0.3) is 0 Å². The molecule has 0 aliphatic rings. The highest BCUT2D eigenvalue weighted by atomic mass is 32.2. The third-order valence-electron chi connectivity index (χ3n) is 2.91. The molecule has 0 N–H and O–H groups in total. The van der Waals surface area contributed by atoms with Crippen molar-refractivity contribution in [1.29, 1.82) is 0 Å². The van der Waals surface area contributed by atoms with Crippen LogP contribution in [0.4, 0.5) is 0 Å². The number of carbonyl (C=O) groups excluding carboxylic acids is 1. The van der Waals surface area contributed by atoms with Gasteiger partial charge < -0.3 is 4.90 Å². The minimum absolute atomic E-state index is 0.0405. The number of nitrogens with zero attached hydrogens (tertiary/aromatic N) is 2. The molecular formula is C15H26B2N2O3S. The summed E-state index contributed by atoms with van der Waals surface area (Å²) in [5.74, 6) is -0.392. The number of amides is 1. The van der Waals surface area contributed by atoms with E-state index in [2.05, 4.69) is 4.98 Å². The highest BCUT2D eigenvalue weighted by Gasteiger charge is 2.29. The zero-order valence-electron chi connectivity index (χ0n) is 15.1. The molecule has 23 heavy (non-hydrogen) atoms. The van der Waals surface area contributed by atoms with Crippen LogP contribution in [0.3, 0.4) is 0 Å². The largest absolute Gasteiger partial charge is 0.352 e. The Hall–Kier alpha value is -1.30. The number of carbonyl (C=O) groups is 1. The molecule has 126 valence electrons. The summed E-state index contributed by atoms with van der Waals surface area (Å²) in [6, 6.07) is 2.66. The van der Waals surface area contributed by atoms with E-state index in [1.54, 1.807) is 0 Å². The summed E-state index contributed by atoms with van der Waals surface area (Å²) in [6.07, 6.45) is 1.31. The van der Waals surface area contributed by atoms with Crippen LogP contribution in [-0.4, -0.2) is 52.7 Å². The summed E-state index contributed by atoms with van der Waals surface area (Å²) >= 11 is 0. The lowest BCUT2D eigenvalue weighted by atomic mass is 9.58. The summed E-state index contributed by atoms with van der Waals surface area (Å²) in [5, 5.41) is -1.66. The van der Waals surface area contributed by atoms with E-state index in [9.17, 15) is 13.2 Å². The molecule has 1 rings (SSSR count). The van der Waals surface area contributed by atoms with Gasteiger partial charge in [0.1, 0.15) is 0 Å². The topological polar surface area (TPSA) is 67.3 Å². The smallest absolute Gasteiger partial charge is 0.218 e. The van der Waals surface area contributed by atoms with Gasteiger partial charge in [0.2, 0.25) is 5.91 Å². The van der Waals surface area contributed by atoms with Gasteiger partial charge in [-0.1, -0.05) is 34.6 Å². The van der Waals surface area contributed by atoms with Crippen molar-refractivity contribution in [2.24, 2.45) is 0 Å². The van der Waals surface area contributed by atoms with E-state index in [0.29, 0.717) is 0 Å². The normalized spacial score (nSPS) is 10.6. The number of rotatable bonds is 4. The zero-order valence-corrected chi connectivity index (χ0v) is 15.9. The first-order chi connectivity index (χ1) is 10.6. The average molecular weight is 336 g/mol. The number of hydrogen-bond acceptors (Lipinski definition) is 4. The molecule has 4 radical (unpaired) electrons. The monoisotopic (exact) mass is 336 g/mol. The molecule has 1 aromatic heterocycles. The van der Waals surface area contributed by atoms with E-state index >= 15 is 0 Å². The molecule has 0 spiro atoms. The van der Waals surface area contributed by atoms with E-state index in [1.165, 1.54) is 39.2 Å². The Labute approximate surface area is 143 Å². The first kappa shape index (κ1) is 24.0. The molecule has 1 aromatic rings. The lowest BCUT2D eigenvalue weighted by Crippen LogP contribution is -2.48. The van der Waals surface area contributed by atoms with Crippen LogP contribution in [0.15, 0.2) is 23.2 Å². The first-order valence-corrected chi connectivity index (χ1v) is 9.29. The van der Waals surface area contributed by atoms with Crippen LogP contribution in [0, 0.1) is 0 Å². The lowest BCUT2D eigenvalue weighted by Gasteiger charge is -2.36. The lowest BCUT2D eigenvalue weighted by molar-refractivity contribution is -0.129. The Morgan fingerprint density at radius 2 is 1.74 bits per heavy atom. The minimum Gasteiger partial charge on any atom is -0.352 e. The molecule has 8 heteroatoms. The fraction of sp³-hybridized carbons (Fsp3) is 0.600. The van der Waals surface area contributed by atoms with Crippen molar-refractivity contribution in [2.45, 2.75) is 51.8 Å². The molecule has 0 atom stereocenters. The minimum atomic E-state index is -3.38. The van der Waals surface area contributed by atoms with Gasteiger partial charge in [-0.05, 0) is 12.1 Å². The van der Waals surface area contributed by atoms with Crippen molar-refractivity contribution in [1.82, 2.24) is 9.88 Å². The van der Waals surface area contributed by atoms with Gasteiger partial charge in [-0.2, -0.15) is 0 Å². The predicted molar refractivity (Wildman–Crippen MR) is 96.3 cm³/mol. The Morgan fingerprint density at radius 1 is 1.26 bits per heavy atom. The third kappa shape index (κ3) is 6.37. The van der Waals surface area contributed by atoms with Crippen molar-refractivity contribution in [3.8, 4) is 0 Å². The van der Waals surface area contributed by atoms with Gasteiger partial charge in [-0.3, -0.25) is 9.78 Å². The predicted octanol–water partition coefficient (Wildman–Crippen LogP) is 1.85. The second kappa shape index (κ2) is 10.5. The van der Waals surface area contributed by atoms with E-state index in [-0.39, 0.29) is 22.2 Å². The number of aromatic nitrogens is 1. The molecule has 1 heterocycles. The van der Waals surface area contributed by atoms with Crippen LogP contribution in [0.25, 0.3) is 0 Å². The third-order valence-corrected chi connectivity index (χ3v) is 4.64. The van der Waals surface area contributed by atoms with Gasteiger partial charge >= 0.3 is 0 Å². The van der Waals surface area contributed by atoms with Gasteiger partial charge in [-0.25, -0.2) is 8.42 Å². The summed E-state index contributed by atoms with van der Waals surface area (Å²) in [7, 11) is 9.76. The summed E-state index contributed by atoms with van der Waals surface area (Å²) in [5.41, 5.74) is 0.111. The fourth-order valence-corrected chi connectivity index (χ4v) is 2.32. The van der Waals surface area contributed by atoms with E-state index < -0.39 is 15.2 Å². The maximum absolute atomic E-state index is 11.8. The van der Waals surface area contributed by atoms with Gasteiger partial charge in [0.15, 0.2) is 9.84 Å². The van der Waals surface area contributed by atoms with Crippen LogP contribution in [-0.2, 0) is 20.0 Å². The van der Waals surface area contributed by atoms with Crippen LogP contribution in [0.5, 0.6) is 0 Å². The van der Waals surface area contributed by atoms with Gasteiger partial charge in [-0.15, -0.1) is 0 Å². The summed E-state index contributed by atoms with van der Waals surface area (Å²) in [6.45, 7) is 10.8. The quantitative estimate of drug-likeness (QED) is 0.787. The summed E-state index contributed by atoms with van der Waals surface area (Å²) in [4.78, 5) is 16.5. The Balaban J connectivity index is 0. The Kier molecular flexibility index (Phi) is 10.9. The van der Waals surface area contributed by atoms with E-state index in [0.717, 1.165) is 4.90 Å². The van der Waals surface area contributed by atoms with Gasteiger partial charge in [0.05, 0.1) is 26.3 Å². The molecule has 0 unspecified atom stereocenters. The molecule has 1 amide bonds. The van der Waals surface area contributed by atoms with E-state index in [1.807, 2.05) is 27.7 Å². The SMILES string of the molecule is CC.CC.[B]C([B])(c1cc(S(=O)(=O)CC)ccn1)N(C)C(C)=O. The maximum atomic E-state index is 11.8. The fourth-order valence-electron chi connectivity index (χ4n) is 1.42. The molecule has 0 saturated carbocycles. The first-order valence-electron chi connectivity index (χ1n) is 7.64. The number of pyridine rings is 1. The molecule has 0 fully saturated rings. The summed E-state index contributed by atoms with van der Waals surface area (Å²) < 4.78 is 23.6. The van der Waals surface area contributed by atoms with Crippen molar-refractivity contribution >= 4 is 31.4 Å². The highest BCUT2D eigenvalue weighted by Crippen LogP contribution is 2.21. The van der Waals surface area contributed by atoms with Crippen molar-refractivity contribution in [2.75, 3.05) is 12.8 Å². The number of sulfone groups is 1. The van der Waals surface area contributed by atoms with Crippen molar-refractivity contribution < 1.29 is 13.2 Å². The van der Waals surface area contributed by atoms with Crippen LogP contribution < -0.4 is 0 Å². The van der Waals surface area contributed by atoms with Gasteiger partial charge in [0, 0.05) is 31.2 Å². The molecule has 0 aliphatic carbocycles. The Morgan fingerprint density at radius 3 is 2.13 bits per heavy atom. The van der Waals surface area contributed by atoms with E-state index in [4.69, 9.17) is 15.7 Å². The zero-order chi connectivity index (χ0) is 18.8. The highest BCUT2D eigenvalue weighted by molar-refractivity contribution is 7.91. The van der Waals surface area contributed by atoms with Crippen molar-refractivity contribution in [3.05, 3.63) is 24.0 Å². The standard InChI is InChI=1S/C11H14B2N2O3S.2C2H6/c1-4-19(17,18)9-5-6-14-10(7-9)11(12,13)15(3)8(2)16;2*1-2/h5-7H,4H2,1-3H3;2*1-2H3. The number of hydrogen-bond donors (Lipinski definition) is 0. The maximum Gasteiger partial charge on any atom is 0.218 e. The van der Waals surface area contributed by atoms with Crippen molar-refractivity contribution in [3.63, 3.8) is 0 Å². The molecular weight excluding hydrogens is 310 g/mol. The molecule has 5 nitrogen and oxygen atoms in total. The van der Waals surface area contributed by atoms with Crippen LogP contribution in [0.2, 0.25) is 0 Å². The molecule has 0 aliphatic heterocycles. The second-order valence-electron chi connectivity index (χ2n) is 4.18. The molecule has 0 saturated heterocycles. The van der Waals surface area contributed by atoms with Crippen LogP contribution >= 0.6 is 0 Å². The van der Waals surface area contributed by atoms with Crippen LogP contribution in [0.1, 0.15) is 47.2 Å². The second-order valence-corrected chi connectivity index (χ2v) is 6.46. The molecule has 0 bridgehead atoms. The molecule has 0 aromatic carbocycles.